The van der Waals surface area contributed by atoms with Crippen LogP contribution >= 0.6 is 0 Å². The number of amides is 2. The van der Waals surface area contributed by atoms with Crippen LogP contribution in [0.2, 0.25) is 0 Å². The van der Waals surface area contributed by atoms with Gasteiger partial charge >= 0.3 is 0 Å². The molecule has 1 aliphatic rings. The van der Waals surface area contributed by atoms with Crippen LogP contribution in [0.4, 0.5) is 5.69 Å². The summed E-state index contributed by atoms with van der Waals surface area (Å²) in [6.07, 6.45) is 5.12. The van der Waals surface area contributed by atoms with Crippen LogP contribution < -0.4 is 28.6 Å². The molecule has 1 atom stereocenters. The lowest BCUT2D eigenvalue weighted by molar-refractivity contribution is -0.140. The Hall–Kier alpha value is -5.23. The molecule has 12 heteroatoms. The molecule has 0 saturated heterocycles. The summed E-state index contributed by atoms with van der Waals surface area (Å²) in [6, 6.07) is 26.8. The summed E-state index contributed by atoms with van der Waals surface area (Å²) < 4.78 is 52.3. The first-order valence-corrected chi connectivity index (χ1v) is 18.8. The minimum absolute atomic E-state index is 0.00354. The molecule has 4 aromatic carbocycles. The lowest BCUT2D eigenvalue weighted by Gasteiger charge is -2.35. The van der Waals surface area contributed by atoms with Gasteiger partial charge in [0.1, 0.15) is 24.1 Å². The second kappa shape index (κ2) is 17.8. The summed E-state index contributed by atoms with van der Waals surface area (Å²) in [5.74, 6) is 0.213. The van der Waals surface area contributed by atoms with Gasteiger partial charge in [-0.3, -0.25) is 13.9 Å². The zero-order valence-corrected chi connectivity index (χ0v) is 30.9. The Kier molecular flexibility index (Phi) is 13.0. The molecule has 0 aromatic heterocycles. The molecule has 276 valence electrons. The van der Waals surface area contributed by atoms with Crippen molar-refractivity contribution in [3.8, 4) is 23.0 Å². The maximum atomic E-state index is 14.9. The van der Waals surface area contributed by atoms with Gasteiger partial charge in [-0.25, -0.2) is 8.42 Å². The number of benzene rings is 4. The predicted octanol–water partition coefficient (Wildman–Crippen LogP) is 6.01. The molecule has 5 rings (SSSR count). The quantitative estimate of drug-likeness (QED) is 0.149. The molecular weight excluding hydrogens is 683 g/mol. The van der Waals surface area contributed by atoms with Crippen molar-refractivity contribution >= 4 is 27.5 Å². The Labute approximate surface area is 306 Å². The second-order valence-electron chi connectivity index (χ2n) is 12.6. The van der Waals surface area contributed by atoms with Gasteiger partial charge in [0, 0.05) is 31.1 Å². The number of ether oxygens (including phenoxy) is 4. The van der Waals surface area contributed by atoms with Crippen molar-refractivity contribution in [3.63, 3.8) is 0 Å². The van der Waals surface area contributed by atoms with E-state index in [0.717, 1.165) is 47.5 Å². The smallest absolute Gasteiger partial charge is 0.265 e. The van der Waals surface area contributed by atoms with E-state index < -0.39 is 28.5 Å². The third-order valence-corrected chi connectivity index (χ3v) is 11.1. The molecule has 0 spiro atoms. The van der Waals surface area contributed by atoms with E-state index in [1.165, 1.54) is 57.6 Å². The summed E-state index contributed by atoms with van der Waals surface area (Å²) in [6.45, 7) is -0.593. The normalized spacial score (nSPS) is 13.8. The zero-order chi connectivity index (χ0) is 37.1. The minimum Gasteiger partial charge on any atom is -0.497 e. The number of hydrogen-bond donors (Lipinski definition) is 1. The highest BCUT2D eigenvalue weighted by Crippen LogP contribution is 2.38. The third kappa shape index (κ3) is 9.16. The van der Waals surface area contributed by atoms with E-state index in [9.17, 15) is 18.0 Å². The molecule has 1 fully saturated rings. The van der Waals surface area contributed by atoms with E-state index in [-0.39, 0.29) is 47.0 Å². The average Bonchev–Trinajstić information content (AvgIpc) is 3.18. The number of hydrogen-bond acceptors (Lipinski definition) is 8. The predicted molar refractivity (Wildman–Crippen MR) is 200 cm³/mol. The monoisotopic (exact) mass is 729 g/mol. The first-order valence-electron chi connectivity index (χ1n) is 17.3. The first-order chi connectivity index (χ1) is 25.2. The second-order valence-corrected chi connectivity index (χ2v) is 14.5. The molecule has 52 heavy (non-hydrogen) atoms. The van der Waals surface area contributed by atoms with Crippen molar-refractivity contribution in [1.29, 1.82) is 0 Å². The lowest BCUT2D eigenvalue weighted by atomic mass is 9.94. The Morgan fingerprint density at radius 1 is 0.731 bits per heavy atom. The van der Waals surface area contributed by atoms with Crippen LogP contribution in [0.5, 0.6) is 23.0 Å². The highest BCUT2D eigenvalue weighted by molar-refractivity contribution is 7.92. The van der Waals surface area contributed by atoms with Gasteiger partial charge < -0.3 is 29.2 Å². The van der Waals surface area contributed by atoms with Crippen molar-refractivity contribution in [2.75, 3.05) is 39.3 Å². The molecule has 0 unspecified atom stereocenters. The van der Waals surface area contributed by atoms with Crippen LogP contribution in [0.3, 0.4) is 0 Å². The van der Waals surface area contributed by atoms with Crippen LogP contribution in [0.15, 0.2) is 102 Å². The summed E-state index contributed by atoms with van der Waals surface area (Å²) >= 11 is 0. The van der Waals surface area contributed by atoms with Gasteiger partial charge in [0.05, 0.1) is 39.0 Å². The van der Waals surface area contributed by atoms with Crippen LogP contribution in [-0.4, -0.2) is 72.2 Å². The number of nitrogens with zero attached hydrogens (tertiary/aromatic N) is 2. The maximum absolute atomic E-state index is 14.9. The SMILES string of the molecule is COc1ccc(OC)c(N(CC(=O)N(Cc2ccccc2)[C@@H](Cc2ccccc2)C(=O)NC2CCCCC2)S(=O)(=O)c2ccc(OC)c(OC)c2)c1. The number of rotatable bonds is 16. The fourth-order valence-corrected chi connectivity index (χ4v) is 7.92. The number of anilines is 1. The minimum atomic E-state index is -4.48. The van der Waals surface area contributed by atoms with Gasteiger partial charge in [-0.2, -0.15) is 0 Å². The number of sulfonamides is 1. The molecule has 0 heterocycles. The van der Waals surface area contributed by atoms with Crippen LogP contribution in [-0.2, 0) is 32.6 Å². The summed E-state index contributed by atoms with van der Waals surface area (Å²) in [5.41, 5.74) is 1.73. The van der Waals surface area contributed by atoms with Crippen molar-refractivity contribution < 1.29 is 37.0 Å². The lowest BCUT2D eigenvalue weighted by Crippen LogP contribution is -2.55. The highest BCUT2D eigenvalue weighted by atomic mass is 32.2. The van der Waals surface area contributed by atoms with Crippen molar-refractivity contribution in [3.05, 3.63) is 108 Å². The van der Waals surface area contributed by atoms with E-state index >= 15 is 0 Å². The Morgan fingerprint density at radius 2 is 1.35 bits per heavy atom. The summed E-state index contributed by atoms with van der Waals surface area (Å²) in [7, 11) is 1.26. The Balaban J connectivity index is 1.62. The van der Waals surface area contributed by atoms with Gasteiger partial charge in [0.15, 0.2) is 11.5 Å². The van der Waals surface area contributed by atoms with Gasteiger partial charge in [-0.05, 0) is 48.2 Å². The number of methoxy groups -OCH3 is 4. The van der Waals surface area contributed by atoms with E-state index in [0.29, 0.717) is 11.5 Å². The summed E-state index contributed by atoms with van der Waals surface area (Å²) in [5, 5.41) is 3.23. The standard InChI is InChI=1S/C40H47N3O8S/c1-48-32-20-22-36(49-2)34(25-32)43(52(46,47)33-21-23-37(50-3)38(26-33)51-4)28-39(44)42(27-30-16-10-6-11-17-30)35(24-29-14-8-5-9-15-29)40(45)41-31-18-12-7-13-19-31/h5-6,8-11,14-17,20-23,25-26,31,35H,7,12-13,18-19,24,27-28H2,1-4H3,(H,41,45)/t35-/m0/s1. The summed E-state index contributed by atoms with van der Waals surface area (Å²) in [4.78, 5) is 30.6. The number of carbonyl (C=O) groups is 2. The molecule has 1 N–H and O–H groups in total. The third-order valence-electron chi connectivity index (χ3n) is 9.29. The molecular formula is C40H47N3O8S. The molecule has 2 amide bonds. The topological polar surface area (TPSA) is 124 Å². The van der Waals surface area contributed by atoms with E-state index in [2.05, 4.69) is 5.32 Å². The van der Waals surface area contributed by atoms with Gasteiger partial charge in [0.25, 0.3) is 10.0 Å². The number of carbonyl (C=O) groups excluding carboxylic acids is 2. The van der Waals surface area contributed by atoms with E-state index in [1.54, 1.807) is 12.1 Å². The molecule has 4 aromatic rings. The molecule has 0 radical (unpaired) electrons. The van der Waals surface area contributed by atoms with Crippen molar-refractivity contribution in [2.45, 2.75) is 62.0 Å². The largest absolute Gasteiger partial charge is 0.497 e. The van der Waals surface area contributed by atoms with Gasteiger partial charge in [0.2, 0.25) is 11.8 Å². The van der Waals surface area contributed by atoms with Gasteiger partial charge in [-0.15, -0.1) is 0 Å². The Bertz CT molecular complexity index is 1900. The molecule has 1 saturated carbocycles. The van der Waals surface area contributed by atoms with Crippen molar-refractivity contribution in [2.24, 2.45) is 0 Å². The fraction of sp³-hybridized carbons (Fsp3) is 0.350. The van der Waals surface area contributed by atoms with Crippen LogP contribution in [0, 0.1) is 0 Å². The van der Waals surface area contributed by atoms with E-state index in [4.69, 9.17) is 18.9 Å². The van der Waals surface area contributed by atoms with Gasteiger partial charge in [-0.1, -0.05) is 79.9 Å². The van der Waals surface area contributed by atoms with Crippen molar-refractivity contribution in [1.82, 2.24) is 10.2 Å². The molecule has 1 aliphatic carbocycles. The van der Waals surface area contributed by atoms with E-state index in [1.807, 2.05) is 60.7 Å². The Morgan fingerprint density at radius 3 is 1.96 bits per heavy atom. The maximum Gasteiger partial charge on any atom is 0.265 e. The first kappa shape index (κ1) is 38.0. The highest BCUT2D eigenvalue weighted by Gasteiger charge is 2.37. The molecule has 11 nitrogen and oxygen atoms in total. The van der Waals surface area contributed by atoms with Crippen LogP contribution in [0.25, 0.3) is 0 Å². The average molecular weight is 730 g/mol. The number of nitrogens with one attached hydrogen (secondary N) is 1. The molecule has 0 bridgehead atoms. The van der Waals surface area contributed by atoms with Crippen LogP contribution in [0.1, 0.15) is 43.2 Å². The fourth-order valence-electron chi connectivity index (χ4n) is 6.49. The molecule has 0 aliphatic heterocycles. The zero-order valence-electron chi connectivity index (χ0n) is 30.1.